The van der Waals surface area contributed by atoms with Gasteiger partial charge in [0.15, 0.2) is 6.10 Å². The zero-order chi connectivity index (χ0) is 18.8. The van der Waals surface area contributed by atoms with Crippen LogP contribution < -0.4 is 10.2 Å². The van der Waals surface area contributed by atoms with Crippen LogP contribution in [0.5, 0.6) is 0 Å². The molecule has 1 amide bonds. The van der Waals surface area contributed by atoms with Crippen molar-refractivity contribution in [1.82, 2.24) is 14.9 Å². The van der Waals surface area contributed by atoms with E-state index in [0.717, 1.165) is 24.0 Å². The summed E-state index contributed by atoms with van der Waals surface area (Å²) in [6, 6.07) is 8.04. The van der Waals surface area contributed by atoms with Gasteiger partial charge in [0.05, 0.1) is 30.0 Å². The molecule has 2 aromatic heterocycles. The highest BCUT2D eigenvalue weighted by molar-refractivity contribution is 5.83. The molecular weight excluding hydrogens is 342 g/mol. The molecule has 4 rings (SSSR count). The van der Waals surface area contributed by atoms with Crippen LogP contribution in [0.4, 0.5) is 5.69 Å². The Morgan fingerprint density at radius 1 is 1.26 bits per heavy atom. The minimum absolute atomic E-state index is 0.0170. The Kier molecular flexibility index (Phi) is 4.99. The van der Waals surface area contributed by atoms with Crippen LogP contribution in [0.2, 0.25) is 0 Å². The molecule has 2 aromatic rings. The minimum atomic E-state index is -0.491. The number of nitriles is 1. The van der Waals surface area contributed by atoms with Gasteiger partial charge < -0.3 is 15.0 Å². The van der Waals surface area contributed by atoms with Gasteiger partial charge in [-0.15, -0.1) is 0 Å². The SMILES string of the molecule is C[C@@H]1CN(c2ccc(C#N)n3nccc23)C[C@H](C(=O)NC2CCCCC2)O1. The molecule has 2 atom stereocenters. The number of hydrogen-bond acceptors (Lipinski definition) is 5. The number of nitrogens with zero attached hydrogens (tertiary/aromatic N) is 4. The molecule has 1 aliphatic carbocycles. The number of rotatable bonds is 3. The fraction of sp³-hybridized carbons (Fsp3) is 0.550. The lowest BCUT2D eigenvalue weighted by atomic mass is 9.95. The topological polar surface area (TPSA) is 82.7 Å². The van der Waals surface area contributed by atoms with Crippen molar-refractivity contribution in [2.45, 2.75) is 57.3 Å². The average Bonchev–Trinajstić information content (AvgIpc) is 3.17. The molecular formula is C20H25N5O2. The largest absolute Gasteiger partial charge is 0.364 e. The van der Waals surface area contributed by atoms with Crippen molar-refractivity contribution in [3.63, 3.8) is 0 Å². The highest BCUT2D eigenvalue weighted by Gasteiger charge is 2.32. The first-order valence-corrected chi connectivity index (χ1v) is 9.73. The first-order chi connectivity index (χ1) is 13.2. The van der Waals surface area contributed by atoms with E-state index in [0.29, 0.717) is 18.8 Å². The summed E-state index contributed by atoms with van der Waals surface area (Å²) in [5.41, 5.74) is 2.33. The zero-order valence-corrected chi connectivity index (χ0v) is 15.6. The lowest BCUT2D eigenvalue weighted by molar-refractivity contribution is -0.138. The van der Waals surface area contributed by atoms with Crippen molar-refractivity contribution < 1.29 is 9.53 Å². The first-order valence-electron chi connectivity index (χ1n) is 9.73. The number of carbonyl (C=O) groups excluding carboxylic acids is 1. The summed E-state index contributed by atoms with van der Waals surface area (Å²) in [5, 5.41) is 16.7. The molecule has 2 aliphatic rings. The second kappa shape index (κ2) is 7.57. The van der Waals surface area contributed by atoms with Crippen LogP contribution in [-0.4, -0.2) is 46.9 Å². The number of anilines is 1. The van der Waals surface area contributed by atoms with E-state index in [2.05, 4.69) is 21.4 Å². The molecule has 0 spiro atoms. The van der Waals surface area contributed by atoms with Gasteiger partial charge in [0.25, 0.3) is 5.91 Å². The summed E-state index contributed by atoms with van der Waals surface area (Å²) in [4.78, 5) is 14.9. The number of pyridine rings is 1. The summed E-state index contributed by atoms with van der Waals surface area (Å²) in [5.74, 6) is -0.0170. The van der Waals surface area contributed by atoms with E-state index in [4.69, 9.17) is 4.74 Å². The van der Waals surface area contributed by atoms with Crippen LogP contribution in [0.1, 0.15) is 44.7 Å². The van der Waals surface area contributed by atoms with Gasteiger partial charge in [-0.2, -0.15) is 10.4 Å². The maximum atomic E-state index is 12.8. The maximum Gasteiger partial charge on any atom is 0.251 e. The summed E-state index contributed by atoms with van der Waals surface area (Å²) in [6.45, 7) is 3.18. The van der Waals surface area contributed by atoms with Gasteiger partial charge in [0, 0.05) is 12.6 Å². The van der Waals surface area contributed by atoms with Gasteiger partial charge in [0.2, 0.25) is 0 Å². The maximum absolute atomic E-state index is 12.8. The van der Waals surface area contributed by atoms with Crippen LogP contribution in [-0.2, 0) is 9.53 Å². The highest BCUT2D eigenvalue weighted by atomic mass is 16.5. The molecule has 3 heterocycles. The molecule has 27 heavy (non-hydrogen) atoms. The van der Waals surface area contributed by atoms with Crippen LogP contribution in [0.15, 0.2) is 24.4 Å². The van der Waals surface area contributed by atoms with Gasteiger partial charge in [-0.3, -0.25) is 4.79 Å². The normalized spacial score (nSPS) is 23.9. The van der Waals surface area contributed by atoms with E-state index in [1.807, 2.05) is 19.1 Å². The van der Waals surface area contributed by atoms with Crippen molar-refractivity contribution in [3.05, 3.63) is 30.1 Å². The Bertz CT molecular complexity index is 865. The lowest BCUT2D eigenvalue weighted by Crippen LogP contribution is -2.54. The summed E-state index contributed by atoms with van der Waals surface area (Å²) in [7, 11) is 0. The van der Waals surface area contributed by atoms with Crippen LogP contribution in [0, 0.1) is 11.3 Å². The van der Waals surface area contributed by atoms with Gasteiger partial charge >= 0.3 is 0 Å². The Balaban J connectivity index is 1.53. The number of nitrogens with one attached hydrogen (secondary N) is 1. The van der Waals surface area contributed by atoms with Gasteiger partial charge in [-0.05, 0) is 38.0 Å². The van der Waals surface area contributed by atoms with E-state index in [1.165, 1.54) is 19.3 Å². The number of hydrogen-bond donors (Lipinski definition) is 1. The quantitative estimate of drug-likeness (QED) is 0.900. The first kappa shape index (κ1) is 17.8. The fourth-order valence-corrected chi connectivity index (χ4v) is 4.19. The Hall–Kier alpha value is -2.59. The predicted octanol–water partition coefficient (Wildman–Crippen LogP) is 2.25. The third-order valence-electron chi connectivity index (χ3n) is 5.49. The Morgan fingerprint density at radius 3 is 2.85 bits per heavy atom. The summed E-state index contributed by atoms with van der Waals surface area (Å²) < 4.78 is 7.60. The number of morpholine rings is 1. The molecule has 1 N–H and O–H groups in total. The van der Waals surface area contributed by atoms with E-state index in [1.54, 1.807) is 16.8 Å². The fourth-order valence-electron chi connectivity index (χ4n) is 4.19. The zero-order valence-electron chi connectivity index (χ0n) is 15.6. The third kappa shape index (κ3) is 3.62. The standard InChI is InChI=1S/C20H25N5O2/c1-14-12-24(17-8-7-16(11-21)25-18(17)9-10-22-25)13-19(27-14)20(26)23-15-5-3-2-4-6-15/h7-10,14-15,19H,2-6,12-13H2,1H3,(H,23,26)/t14-,19-/m1/s1. The van der Waals surface area contributed by atoms with Crippen molar-refractivity contribution in [2.75, 3.05) is 18.0 Å². The molecule has 1 saturated carbocycles. The van der Waals surface area contributed by atoms with Crippen molar-refractivity contribution in [3.8, 4) is 6.07 Å². The second-order valence-corrected chi connectivity index (χ2v) is 7.53. The molecule has 1 aliphatic heterocycles. The number of aromatic nitrogens is 2. The summed E-state index contributed by atoms with van der Waals surface area (Å²) >= 11 is 0. The molecule has 142 valence electrons. The van der Waals surface area contributed by atoms with Crippen LogP contribution in [0.3, 0.4) is 0 Å². The molecule has 7 heteroatoms. The Labute approximate surface area is 158 Å². The van der Waals surface area contributed by atoms with Gasteiger partial charge in [-0.1, -0.05) is 19.3 Å². The highest BCUT2D eigenvalue weighted by Crippen LogP contribution is 2.26. The number of fused-ring (bicyclic) bond motifs is 1. The molecule has 7 nitrogen and oxygen atoms in total. The monoisotopic (exact) mass is 367 g/mol. The third-order valence-corrected chi connectivity index (χ3v) is 5.49. The smallest absolute Gasteiger partial charge is 0.251 e. The van der Waals surface area contributed by atoms with Gasteiger partial charge in [-0.25, -0.2) is 4.52 Å². The lowest BCUT2D eigenvalue weighted by Gasteiger charge is -2.38. The van der Waals surface area contributed by atoms with E-state index < -0.39 is 6.10 Å². The molecule has 1 saturated heterocycles. The molecule has 0 bridgehead atoms. The molecule has 0 aromatic carbocycles. The number of amides is 1. The summed E-state index contributed by atoms with van der Waals surface area (Å²) in [6.07, 6.45) is 6.89. The number of carbonyl (C=O) groups is 1. The number of ether oxygens (including phenoxy) is 1. The van der Waals surface area contributed by atoms with E-state index in [9.17, 15) is 10.1 Å². The van der Waals surface area contributed by atoms with Crippen LogP contribution >= 0.6 is 0 Å². The van der Waals surface area contributed by atoms with Crippen molar-refractivity contribution in [2.24, 2.45) is 0 Å². The van der Waals surface area contributed by atoms with E-state index in [-0.39, 0.29) is 18.1 Å². The van der Waals surface area contributed by atoms with Crippen LogP contribution in [0.25, 0.3) is 5.52 Å². The van der Waals surface area contributed by atoms with Crippen molar-refractivity contribution >= 4 is 17.1 Å². The molecule has 0 unspecified atom stereocenters. The van der Waals surface area contributed by atoms with Gasteiger partial charge in [0.1, 0.15) is 11.8 Å². The second-order valence-electron chi connectivity index (χ2n) is 7.53. The average molecular weight is 367 g/mol. The Morgan fingerprint density at radius 2 is 2.07 bits per heavy atom. The minimum Gasteiger partial charge on any atom is -0.364 e. The molecule has 0 radical (unpaired) electrons. The molecule has 2 fully saturated rings. The van der Waals surface area contributed by atoms with Crippen molar-refractivity contribution in [1.29, 1.82) is 5.26 Å². The predicted molar refractivity (Wildman–Crippen MR) is 101 cm³/mol. The van der Waals surface area contributed by atoms with E-state index >= 15 is 0 Å².